The normalized spacial score (nSPS) is 24.4. The fourth-order valence-electron chi connectivity index (χ4n) is 2.96. The highest BCUT2D eigenvalue weighted by Gasteiger charge is 2.22. The van der Waals surface area contributed by atoms with Gasteiger partial charge in [-0.05, 0) is 29.9 Å². The van der Waals surface area contributed by atoms with Gasteiger partial charge in [-0.1, -0.05) is 25.4 Å². The molecule has 0 radical (unpaired) electrons. The molecule has 104 valence electrons. The van der Waals surface area contributed by atoms with Crippen LogP contribution in [-0.4, -0.2) is 22.9 Å². The second-order valence-electron chi connectivity index (χ2n) is 5.67. The molecule has 2 atom stereocenters. The third-order valence-corrected chi connectivity index (χ3v) is 3.95. The van der Waals surface area contributed by atoms with E-state index >= 15 is 0 Å². The molecule has 0 spiro atoms. The van der Waals surface area contributed by atoms with E-state index in [1.54, 1.807) is 12.1 Å². The summed E-state index contributed by atoms with van der Waals surface area (Å²) in [7, 11) is 0. The second kappa shape index (κ2) is 5.88. The third kappa shape index (κ3) is 3.67. The van der Waals surface area contributed by atoms with Crippen molar-refractivity contribution >= 4 is 17.3 Å². The van der Waals surface area contributed by atoms with Crippen molar-refractivity contribution in [3.63, 3.8) is 0 Å². The maximum atomic E-state index is 10.8. The molecule has 19 heavy (non-hydrogen) atoms. The van der Waals surface area contributed by atoms with E-state index in [1.807, 2.05) is 0 Å². The highest BCUT2D eigenvalue weighted by Crippen LogP contribution is 2.27. The van der Waals surface area contributed by atoms with Gasteiger partial charge in [0.1, 0.15) is 0 Å². The number of hydrogen-bond acceptors (Lipinski definition) is 3. The van der Waals surface area contributed by atoms with Gasteiger partial charge in [-0.2, -0.15) is 0 Å². The molecule has 2 rings (SSSR count). The molecule has 1 fully saturated rings. The summed E-state index contributed by atoms with van der Waals surface area (Å²) in [5, 5.41) is 11.4. The van der Waals surface area contributed by atoms with Crippen LogP contribution in [0.3, 0.4) is 0 Å². The predicted octanol–water partition coefficient (Wildman–Crippen LogP) is 3.73. The van der Waals surface area contributed by atoms with E-state index in [0.717, 1.165) is 18.7 Å². The summed E-state index contributed by atoms with van der Waals surface area (Å²) in [6.45, 7) is 7.25. The number of nitro groups is 1. The number of likely N-dealkylation sites (tertiary alicyclic amines) is 1. The van der Waals surface area contributed by atoms with E-state index in [9.17, 15) is 10.1 Å². The van der Waals surface area contributed by atoms with Gasteiger partial charge in [0.25, 0.3) is 5.69 Å². The average molecular weight is 283 g/mol. The van der Waals surface area contributed by atoms with Gasteiger partial charge in [-0.15, -0.1) is 0 Å². The first-order valence-corrected chi connectivity index (χ1v) is 6.98. The molecule has 1 heterocycles. The molecule has 0 bridgehead atoms. The van der Waals surface area contributed by atoms with Crippen molar-refractivity contribution in [1.82, 2.24) is 4.90 Å². The minimum absolute atomic E-state index is 0.109. The highest BCUT2D eigenvalue weighted by molar-refractivity contribution is 6.31. The number of rotatable bonds is 3. The molecule has 0 saturated carbocycles. The van der Waals surface area contributed by atoms with Gasteiger partial charge in [-0.25, -0.2) is 0 Å². The van der Waals surface area contributed by atoms with Crippen molar-refractivity contribution in [3.05, 3.63) is 38.9 Å². The Kier molecular flexibility index (Phi) is 4.42. The van der Waals surface area contributed by atoms with Gasteiger partial charge in [0, 0.05) is 36.8 Å². The minimum Gasteiger partial charge on any atom is -0.298 e. The largest absolute Gasteiger partial charge is 0.298 e. The summed E-state index contributed by atoms with van der Waals surface area (Å²) in [6.07, 6.45) is 1.25. The van der Waals surface area contributed by atoms with Crippen LogP contribution in [0.2, 0.25) is 5.02 Å². The van der Waals surface area contributed by atoms with Crippen molar-refractivity contribution in [2.75, 3.05) is 13.1 Å². The molecule has 1 aliphatic heterocycles. The summed E-state index contributed by atoms with van der Waals surface area (Å²) in [5.41, 5.74) is 0.953. The van der Waals surface area contributed by atoms with E-state index in [4.69, 9.17) is 11.6 Å². The van der Waals surface area contributed by atoms with Crippen LogP contribution in [0.4, 0.5) is 5.69 Å². The van der Waals surface area contributed by atoms with Crippen LogP contribution in [0.5, 0.6) is 0 Å². The number of piperidine rings is 1. The number of halogens is 1. The Balaban J connectivity index is 2.13. The maximum absolute atomic E-state index is 10.8. The van der Waals surface area contributed by atoms with E-state index in [2.05, 4.69) is 18.7 Å². The van der Waals surface area contributed by atoms with Crippen LogP contribution in [-0.2, 0) is 6.54 Å². The van der Waals surface area contributed by atoms with Crippen LogP contribution in [0.1, 0.15) is 25.8 Å². The van der Waals surface area contributed by atoms with Crippen molar-refractivity contribution < 1.29 is 4.92 Å². The summed E-state index contributed by atoms with van der Waals surface area (Å²) in [5.74, 6) is 1.34. The molecule has 1 saturated heterocycles. The quantitative estimate of drug-likeness (QED) is 0.627. The second-order valence-corrected chi connectivity index (χ2v) is 6.08. The Hall–Kier alpha value is -1.13. The molecule has 1 aromatic carbocycles. The van der Waals surface area contributed by atoms with Gasteiger partial charge >= 0.3 is 0 Å². The molecular weight excluding hydrogens is 264 g/mol. The summed E-state index contributed by atoms with van der Waals surface area (Å²) >= 11 is 6.14. The zero-order valence-electron chi connectivity index (χ0n) is 11.3. The third-order valence-electron chi connectivity index (χ3n) is 3.58. The van der Waals surface area contributed by atoms with Gasteiger partial charge in [0.2, 0.25) is 0 Å². The Bertz CT molecular complexity index is 469. The molecule has 5 heteroatoms. The number of hydrogen-bond donors (Lipinski definition) is 0. The first-order chi connectivity index (χ1) is 8.95. The Morgan fingerprint density at radius 1 is 1.37 bits per heavy atom. The molecule has 0 amide bonds. The van der Waals surface area contributed by atoms with Crippen molar-refractivity contribution in [2.45, 2.75) is 26.8 Å². The standard InChI is InChI=1S/C14H19ClN2O2/c1-10-5-11(2)8-16(7-10)9-12-6-13(17(18)19)3-4-14(12)15/h3-4,6,10-11H,5,7-9H2,1-2H3. The lowest BCUT2D eigenvalue weighted by Crippen LogP contribution is -2.38. The first kappa shape index (κ1) is 14.3. The lowest BCUT2D eigenvalue weighted by Gasteiger charge is -2.35. The molecular formula is C14H19ClN2O2. The maximum Gasteiger partial charge on any atom is 0.269 e. The average Bonchev–Trinajstić information content (AvgIpc) is 2.30. The molecule has 0 aromatic heterocycles. The molecule has 0 N–H and O–H groups in total. The summed E-state index contributed by atoms with van der Waals surface area (Å²) in [4.78, 5) is 12.8. The summed E-state index contributed by atoms with van der Waals surface area (Å²) < 4.78 is 0. The van der Waals surface area contributed by atoms with Gasteiger partial charge in [0.15, 0.2) is 0 Å². The Labute approximate surface area is 118 Å². The number of benzene rings is 1. The van der Waals surface area contributed by atoms with Gasteiger partial charge in [0.05, 0.1) is 4.92 Å². The van der Waals surface area contributed by atoms with Crippen molar-refractivity contribution in [3.8, 4) is 0 Å². The first-order valence-electron chi connectivity index (χ1n) is 6.61. The predicted molar refractivity (Wildman–Crippen MR) is 76.3 cm³/mol. The molecule has 4 nitrogen and oxygen atoms in total. The Morgan fingerprint density at radius 2 is 2.00 bits per heavy atom. The van der Waals surface area contributed by atoms with Crippen molar-refractivity contribution in [2.24, 2.45) is 11.8 Å². The summed E-state index contributed by atoms with van der Waals surface area (Å²) in [6, 6.07) is 4.66. The van der Waals surface area contributed by atoms with Crippen LogP contribution >= 0.6 is 11.6 Å². The topological polar surface area (TPSA) is 46.4 Å². The van der Waals surface area contributed by atoms with Crippen LogP contribution in [0.25, 0.3) is 0 Å². The van der Waals surface area contributed by atoms with E-state index in [1.165, 1.54) is 12.5 Å². The number of nitro benzene ring substituents is 1. The fraction of sp³-hybridized carbons (Fsp3) is 0.571. The molecule has 2 unspecified atom stereocenters. The van der Waals surface area contributed by atoms with Crippen LogP contribution < -0.4 is 0 Å². The monoisotopic (exact) mass is 282 g/mol. The molecule has 0 aliphatic carbocycles. The van der Waals surface area contributed by atoms with E-state index in [-0.39, 0.29) is 10.6 Å². The fourth-order valence-corrected chi connectivity index (χ4v) is 3.14. The number of nitrogens with zero attached hydrogens (tertiary/aromatic N) is 2. The lowest BCUT2D eigenvalue weighted by atomic mass is 9.91. The minimum atomic E-state index is -0.374. The van der Waals surface area contributed by atoms with Crippen LogP contribution in [0.15, 0.2) is 18.2 Å². The lowest BCUT2D eigenvalue weighted by molar-refractivity contribution is -0.384. The number of non-ortho nitro benzene ring substituents is 1. The van der Waals surface area contributed by atoms with Crippen LogP contribution in [0, 0.1) is 22.0 Å². The highest BCUT2D eigenvalue weighted by atomic mass is 35.5. The molecule has 1 aromatic rings. The van der Waals surface area contributed by atoms with Crippen molar-refractivity contribution in [1.29, 1.82) is 0 Å². The zero-order valence-corrected chi connectivity index (χ0v) is 12.1. The van der Waals surface area contributed by atoms with E-state index < -0.39 is 0 Å². The van der Waals surface area contributed by atoms with Gasteiger partial charge in [-0.3, -0.25) is 15.0 Å². The van der Waals surface area contributed by atoms with Gasteiger partial charge < -0.3 is 0 Å². The SMILES string of the molecule is CC1CC(C)CN(Cc2cc([N+](=O)[O-])ccc2Cl)C1. The Morgan fingerprint density at radius 3 is 2.58 bits per heavy atom. The van der Waals surface area contributed by atoms with E-state index in [0.29, 0.717) is 23.4 Å². The zero-order chi connectivity index (χ0) is 14.0. The smallest absolute Gasteiger partial charge is 0.269 e. The molecule has 1 aliphatic rings.